The van der Waals surface area contributed by atoms with Crippen LogP contribution in [0.5, 0.6) is 0 Å². The van der Waals surface area contributed by atoms with Crippen molar-refractivity contribution in [3.8, 4) is 0 Å². The Labute approximate surface area is 118 Å². The maximum atomic E-state index is 9.26. The lowest BCUT2D eigenvalue weighted by Crippen LogP contribution is -2.36. The van der Waals surface area contributed by atoms with Crippen LogP contribution in [0.25, 0.3) is 0 Å². The number of benzene rings is 1. The zero-order chi connectivity index (χ0) is 13.5. The molecule has 102 valence electrons. The van der Waals surface area contributed by atoms with Gasteiger partial charge in [0.05, 0.1) is 6.61 Å². The number of rotatable bonds is 7. The van der Waals surface area contributed by atoms with E-state index in [0.717, 1.165) is 17.4 Å². The van der Waals surface area contributed by atoms with E-state index in [1.165, 1.54) is 11.1 Å². The SMILES string of the molecule is Cc1ccc(Br)cc1CCN(C)C(CO)CCO. The quantitative estimate of drug-likeness (QED) is 0.808. The summed E-state index contributed by atoms with van der Waals surface area (Å²) in [6.45, 7) is 3.20. The maximum absolute atomic E-state index is 9.26. The molecule has 18 heavy (non-hydrogen) atoms. The Morgan fingerprint density at radius 3 is 2.67 bits per heavy atom. The first-order valence-corrected chi connectivity index (χ1v) is 7.04. The molecule has 1 atom stereocenters. The molecule has 3 nitrogen and oxygen atoms in total. The van der Waals surface area contributed by atoms with E-state index >= 15 is 0 Å². The summed E-state index contributed by atoms with van der Waals surface area (Å²) in [6.07, 6.45) is 1.56. The minimum absolute atomic E-state index is 0.0439. The Bertz CT molecular complexity index is 371. The predicted molar refractivity (Wildman–Crippen MR) is 77.8 cm³/mol. The number of likely N-dealkylation sites (N-methyl/N-ethyl adjacent to an activating group) is 1. The minimum atomic E-state index is 0.0439. The third kappa shape index (κ3) is 4.69. The van der Waals surface area contributed by atoms with Gasteiger partial charge in [-0.05, 0) is 50.1 Å². The van der Waals surface area contributed by atoms with Crippen molar-refractivity contribution in [3.63, 3.8) is 0 Å². The zero-order valence-electron chi connectivity index (χ0n) is 11.1. The Morgan fingerprint density at radius 2 is 2.06 bits per heavy atom. The van der Waals surface area contributed by atoms with Gasteiger partial charge in [0, 0.05) is 23.7 Å². The van der Waals surface area contributed by atoms with Gasteiger partial charge in [0.25, 0.3) is 0 Å². The summed E-state index contributed by atoms with van der Waals surface area (Å²) in [5.41, 5.74) is 2.60. The van der Waals surface area contributed by atoms with Crippen LogP contribution in [0.1, 0.15) is 17.5 Å². The summed E-state index contributed by atoms with van der Waals surface area (Å²) < 4.78 is 1.10. The summed E-state index contributed by atoms with van der Waals surface area (Å²) in [6, 6.07) is 6.34. The van der Waals surface area contributed by atoms with Crippen LogP contribution < -0.4 is 0 Å². The van der Waals surface area contributed by atoms with Gasteiger partial charge < -0.3 is 15.1 Å². The molecule has 1 aromatic rings. The number of aliphatic hydroxyl groups is 2. The molecule has 4 heteroatoms. The predicted octanol–water partition coefficient (Wildman–Crippen LogP) is 1.98. The van der Waals surface area contributed by atoms with E-state index < -0.39 is 0 Å². The van der Waals surface area contributed by atoms with Crippen LogP contribution in [-0.2, 0) is 6.42 Å². The second-order valence-electron chi connectivity index (χ2n) is 4.65. The highest BCUT2D eigenvalue weighted by molar-refractivity contribution is 9.10. The molecule has 1 rings (SSSR count). The molecule has 1 aromatic carbocycles. The topological polar surface area (TPSA) is 43.7 Å². The lowest BCUT2D eigenvalue weighted by Gasteiger charge is -2.26. The zero-order valence-corrected chi connectivity index (χ0v) is 12.7. The molecule has 0 saturated carbocycles. The first kappa shape index (κ1) is 15.6. The second kappa shape index (κ2) is 7.89. The Morgan fingerprint density at radius 1 is 1.33 bits per heavy atom. The molecule has 0 bridgehead atoms. The number of nitrogens with zero attached hydrogens (tertiary/aromatic N) is 1. The maximum Gasteiger partial charge on any atom is 0.0587 e. The first-order valence-electron chi connectivity index (χ1n) is 6.25. The molecule has 0 spiro atoms. The van der Waals surface area contributed by atoms with Crippen LogP contribution >= 0.6 is 15.9 Å². The molecule has 0 saturated heterocycles. The van der Waals surface area contributed by atoms with E-state index in [9.17, 15) is 5.11 Å². The summed E-state index contributed by atoms with van der Waals surface area (Å²) in [4.78, 5) is 2.11. The highest BCUT2D eigenvalue weighted by atomic mass is 79.9. The third-order valence-corrected chi connectivity index (χ3v) is 3.83. The number of aliphatic hydroxyl groups excluding tert-OH is 2. The van der Waals surface area contributed by atoms with Crippen LogP contribution in [0.4, 0.5) is 0 Å². The van der Waals surface area contributed by atoms with Crippen molar-refractivity contribution in [1.29, 1.82) is 0 Å². The molecule has 0 fully saturated rings. The standard InChI is InChI=1S/C14H22BrNO2/c1-11-3-4-13(15)9-12(11)5-7-16(2)14(10-18)6-8-17/h3-4,9,14,17-18H,5-8,10H2,1-2H3. The van der Waals surface area contributed by atoms with E-state index in [2.05, 4.69) is 39.9 Å². The van der Waals surface area contributed by atoms with Crippen LogP contribution in [0.15, 0.2) is 22.7 Å². The van der Waals surface area contributed by atoms with Gasteiger partial charge >= 0.3 is 0 Å². The fraction of sp³-hybridized carbons (Fsp3) is 0.571. The number of hydrogen-bond donors (Lipinski definition) is 2. The van der Waals surface area contributed by atoms with Gasteiger partial charge in [0.15, 0.2) is 0 Å². The minimum Gasteiger partial charge on any atom is -0.396 e. The summed E-state index contributed by atoms with van der Waals surface area (Å²) in [7, 11) is 1.99. The molecular formula is C14H22BrNO2. The molecule has 0 radical (unpaired) electrons. The lowest BCUT2D eigenvalue weighted by atomic mass is 10.1. The highest BCUT2D eigenvalue weighted by Crippen LogP contribution is 2.17. The normalized spacial score (nSPS) is 13.0. The fourth-order valence-corrected chi connectivity index (χ4v) is 2.40. The van der Waals surface area contributed by atoms with Gasteiger partial charge in [0.2, 0.25) is 0 Å². The van der Waals surface area contributed by atoms with E-state index in [-0.39, 0.29) is 19.3 Å². The van der Waals surface area contributed by atoms with E-state index in [4.69, 9.17) is 5.11 Å². The van der Waals surface area contributed by atoms with E-state index in [1.54, 1.807) is 0 Å². The first-order chi connectivity index (χ1) is 8.58. The Hall–Kier alpha value is -0.420. The summed E-state index contributed by atoms with van der Waals surface area (Å²) in [5.74, 6) is 0. The lowest BCUT2D eigenvalue weighted by molar-refractivity contribution is 0.120. The Kier molecular flexibility index (Phi) is 6.86. The summed E-state index contributed by atoms with van der Waals surface area (Å²) in [5, 5.41) is 18.2. The third-order valence-electron chi connectivity index (χ3n) is 3.34. The molecule has 0 aliphatic heterocycles. The van der Waals surface area contributed by atoms with Crippen molar-refractivity contribution < 1.29 is 10.2 Å². The molecule has 0 aliphatic rings. The molecule has 1 unspecified atom stereocenters. The van der Waals surface area contributed by atoms with Crippen LogP contribution in [0.3, 0.4) is 0 Å². The molecule has 0 heterocycles. The van der Waals surface area contributed by atoms with Gasteiger partial charge in [-0.25, -0.2) is 0 Å². The summed E-state index contributed by atoms with van der Waals surface area (Å²) >= 11 is 3.48. The smallest absolute Gasteiger partial charge is 0.0587 e. The number of hydrogen-bond acceptors (Lipinski definition) is 3. The Balaban J connectivity index is 2.55. The average molecular weight is 316 g/mol. The van der Waals surface area contributed by atoms with Crippen molar-refractivity contribution in [1.82, 2.24) is 4.90 Å². The van der Waals surface area contributed by atoms with Crippen LogP contribution in [0, 0.1) is 6.92 Å². The van der Waals surface area contributed by atoms with Crippen molar-refractivity contribution in [2.45, 2.75) is 25.8 Å². The molecule has 0 aromatic heterocycles. The largest absolute Gasteiger partial charge is 0.396 e. The van der Waals surface area contributed by atoms with Crippen molar-refractivity contribution in [2.24, 2.45) is 0 Å². The van der Waals surface area contributed by atoms with Gasteiger partial charge in [-0.3, -0.25) is 0 Å². The van der Waals surface area contributed by atoms with Crippen molar-refractivity contribution in [2.75, 3.05) is 26.8 Å². The second-order valence-corrected chi connectivity index (χ2v) is 5.57. The molecule has 2 N–H and O–H groups in total. The van der Waals surface area contributed by atoms with Crippen molar-refractivity contribution in [3.05, 3.63) is 33.8 Å². The monoisotopic (exact) mass is 315 g/mol. The molecule has 0 amide bonds. The van der Waals surface area contributed by atoms with E-state index in [1.807, 2.05) is 13.1 Å². The number of halogens is 1. The fourth-order valence-electron chi connectivity index (χ4n) is 1.99. The van der Waals surface area contributed by atoms with Gasteiger partial charge in [-0.2, -0.15) is 0 Å². The van der Waals surface area contributed by atoms with Gasteiger partial charge in [-0.1, -0.05) is 22.0 Å². The number of aryl methyl sites for hydroxylation is 1. The van der Waals surface area contributed by atoms with Crippen LogP contribution in [-0.4, -0.2) is 48.0 Å². The molecular weight excluding hydrogens is 294 g/mol. The highest BCUT2D eigenvalue weighted by Gasteiger charge is 2.13. The van der Waals surface area contributed by atoms with Gasteiger partial charge in [-0.15, -0.1) is 0 Å². The van der Waals surface area contributed by atoms with Gasteiger partial charge in [0.1, 0.15) is 0 Å². The van der Waals surface area contributed by atoms with Crippen LogP contribution in [0.2, 0.25) is 0 Å². The van der Waals surface area contributed by atoms with Crippen molar-refractivity contribution >= 4 is 15.9 Å². The van der Waals surface area contributed by atoms with E-state index in [0.29, 0.717) is 6.42 Å². The average Bonchev–Trinajstić information content (AvgIpc) is 2.36. The molecule has 0 aliphatic carbocycles.